The molecule has 1 aromatic carbocycles. The molecule has 1 aliphatic rings. The predicted octanol–water partition coefficient (Wildman–Crippen LogP) is 1.74. The number of guanidine groups is 1. The number of benzene rings is 1. The van der Waals surface area contributed by atoms with Crippen LogP contribution >= 0.6 is 0 Å². The van der Waals surface area contributed by atoms with Crippen molar-refractivity contribution in [3.8, 4) is 5.75 Å². The number of nitrogens with one attached hydrogen (secondary N) is 3. The Hall–Kier alpha value is -2.28. The molecule has 1 heterocycles. The third-order valence-electron chi connectivity index (χ3n) is 4.29. The Balaban J connectivity index is 1.83. The number of rotatable bonds is 9. The van der Waals surface area contributed by atoms with Crippen LogP contribution in [0.1, 0.15) is 37.3 Å². The van der Waals surface area contributed by atoms with Gasteiger partial charge in [-0.2, -0.15) is 0 Å². The number of hydrogen-bond donors (Lipinski definition) is 3. The molecule has 1 aromatic rings. The van der Waals surface area contributed by atoms with Gasteiger partial charge in [0.05, 0.1) is 13.2 Å². The van der Waals surface area contributed by atoms with Gasteiger partial charge in [0, 0.05) is 45.1 Å². The fraction of sp³-hybridized carbons (Fsp3) is 0.600. The Labute approximate surface area is 161 Å². The second-order valence-electron chi connectivity index (χ2n) is 6.67. The number of carbonyl (C=O) groups is 1. The minimum atomic E-state index is 0.0489. The number of hydrogen-bond acceptors (Lipinski definition) is 4. The molecule has 2 rings (SSSR count). The van der Waals surface area contributed by atoms with Crippen molar-refractivity contribution in [3.63, 3.8) is 0 Å². The van der Waals surface area contributed by atoms with Crippen LogP contribution in [0.4, 0.5) is 0 Å². The Kier molecular flexibility index (Phi) is 8.91. The average molecular weight is 377 g/mol. The maximum atomic E-state index is 11.7. The molecule has 150 valence electrons. The number of nitrogens with zero attached hydrogens (tertiary/aromatic N) is 1. The largest absolute Gasteiger partial charge is 0.488 e. The van der Waals surface area contributed by atoms with E-state index in [9.17, 15) is 4.79 Å². The van der Waals surface area contributed by atoms with Crippen molar-refractivity contribution in [1.82, 2.24) is 16.0 Å². The van der Waals surface area contributed by atoms with Crippen LogP contribution in [0, 0.1) is 6.92 Å². The number of carbonyl (C=O) groups excluding carboxylic acids is 1. The average Bonchev–Trinajstić information content (AvgIpc) is 3.17. The van der Waals surface area contributed by atoms with E-state index in [-0.39, 0.29) is 12.0 Å². The van der Waals surface area contributed by atoms with Crippen LogP contribution in [0.5, 0.6) is 5.75 Å². The van der Waals surface area contributed by atoms with E-state index >= 15 is 0 Å². The standard InChI is InChI=1S/C20H32N4O3/c1-4-9-22-19(25)7-10-23-20(21-3)24-13-16-6-5-15(2)12-18(16)27-17-8-11-26-14-17/h5-6,12,17H,4,7-11,13-14H2,1-3H3,(H,22,25)(H2,21,23,24). The first kappa shape index (κ1) is 21.0. The van der Waals surface area contributed by atoms with E-state index in [1.165, 1.54) is 0 Å². The Morgan fingerprint density at radius 3 is 2.85 bits per heavy atom. The fourth-order valence-electron chi connectivity index (χ4n) is 2.75. The van der Waals surface area contributed by atoms with Crippen LogP contribution in [-0.4, -0.2) is 51.3 Å². The number of aliphatic imine (C=N–C) groups is 1. The van der Waals surface area contributed by atoms with E-state index in [0.29, 0.717) is 38.6 Å². The van der Waals surface area contributed by atoms with E-state index < -0.39 is 0 Å². The quantitative estimate of drug-likeness (QED) is 0.452. The topological polar surface area (TPSA) is 84.0 Å². The van der Waals surface area contributed by atoms with E-state index in [1.807, 2.05) is 6.92 Å². The molecular formula is C20H32N4O3. The van der Waals surface area contributed by atoms with Crippen LogP contribution < -0.4 is 20.7 Å². The normalized spacial score (nSPS) is 16.9. The molecule has 0 spiro atoms. The molecule has 0 bridgehead atoms. The fourth-order valence-corrected chi connectivity index (χ4v) is 2.75. The summed E-state index contributed by atoms with van der Waals surface area (Å²) >= 11 is 0. The van der Waals surface area contributed by atoms with Crippen molar-refractivity contribution in [2.45, 2.75) is 45.8 Å². The van der Waals surface area contributed by atoms with E-state index in [2.05, 4.69) is 46.1 Å². The highest BCUT2D eigenvalue weighted by molar-refractivity contribution is 5.81. The number of amides is 1. The maximum absolute atomic E-state index is 11.7. The van der Waals surface area contributed by atoms with Gasteiger partial charge in [0.2, 0.25) is 5.91 Å². The van der Waals surface area contributed by atoms with Gasteiger partial charge in [-0.05, 0) is 25.0 Å². The van der Waals surface area contributed by atoms with Crippen LogP contribution in [0.2, 0.25) is 0 Å². The summed E-state index contributed by atoms with van der Waals surface area (Å²) in [6.07, 6.45) is 2.39. The second-order valence-corrected chi connectivity index (χ2v) is 6.67. The SMILES string of the molecule is CCCNC(=O)CCNC(=NC)NCc1ccc(C)cc1OC1CCOC1. The zero-order chi connectivity index (χ0) is 19.5. The summed E-state index contributed by atoms with van der Waals surface area (Å²) in [7, 11) is 1.72. The molecule has 1 unspecified atom stereocenters. The monoisotopic (exact) mass is 376 g/mol. The third-order valence-corrected chi connectivity index (χ3v) is 4.29. The highest BCUT2D eigenvalue weighted by Gasteiger charge is 2.18. The lowest BCUT2D eigenvalue weighted by molar-refractivity contribution is -0.120. The van der Waals surface area contributed by atoms with Crippen molar-refractivity contribution in [2.24, 2.45) is 4.99 Å². The van der Waals surface area contributed by atoms with Gasteiger partial charge in [-0.25, -0.2) is 0 Å². The van der Waals surface area contributed by atoms with Crippen LogP contribution in [0.15, 0.2) is 23.2 Å². The summed E-state index contributed by atoms with van der Waals surface area (Å²) in [4.78, 5) is 15.9. The second kappa shape index (κ2) is 11.4. The molecule has 1 atom stereocenters. The number of aryl methyl sites for hydroxylation is 1. The Morgan fingerprint density at radius 1 is 1.30 bits per heavy atom. The summed E-state index contributed by atoms with van der Waals surface area (Å²) < 4.78 is 11.5. The van der Waals surface area contributed by atoms with Gasteiger partial charge < -0.3 is 25.4 Å². The molecule has 1 amide bonds. The van der Waals surface area contributed by atoms with Gasteiger partial charge >= 0.3 is 0 Å². The molecule has 0 aromatic heterocycles. The van der Waals surface area contributed by atoms with E-state index in [0.717, 1.165) is 36.3 Å². The zero-order valence-electron chi connectivity index (χ0n) is 16.6. The first-order valence-corrected chi connectivity index (χ1v) is 9.67. The lowest BCUT2D eigenvalue weighted by Gasteiger charge is -2.18. The molecule has 7 heteroatoms. The summed E-state index contributed by atoms with van der Waals surface area (Å²) in [5.41, 5.74) is 2.23. The molecule has 0 saturated carbocycles. The molecule has 27 heavy (non-hydrogen) atoms. The lowest BCUT2D eigenvalue weighted by atomic mass is 10.1. The molecule has 7 nitrogen and oxygen atoms in total. The molecule has 0 aliphatic carbocycles. The highest BCUT2D eigenvalue weighted by atomic mass is 16.5. The molecule has 1 saturated heterocycles. The summed E-state index contributed by atoms with van der Waals surface area (Å²) in [5.74, 6) is 1.59. The predicted molar refractivity (Wildman–Crippen MR) is 107 cm³/mol. The van der Waals surface area contributed by atoms with Crippen LogP contribution in [0.3, 0.4) is 0 Å². The van der Waals surface area contributed by atoms with Crippen LogP contribution in [0.25, 0.3) is 0 Å². The van der Waals surface area contributed by atoms with Gasteiger partial charge in [0.15, 0.2) is 5.96 Å². The van der Waals surface area contributed by atoms with Crippen LogP contribution in [-0.2, 0) is 16.1 Å². The minimum Gasteiger partial charge on any atom is -0.488 e. The maximum Gasteiger partial charge on any atom is 0.221 e. The summed E-state index contributed by atoms with van der Waals surface area (Å²) in [6, 6.07) is 6.20. The highest BCUT2D eigenvalue weighted by Crippen LogP contribution is 2.23. The van der Waals surface area contributed by atoms with Gasteiger partial charge in [-0.15, -0.1) is 0 Å². The van der Waals surface area contributed by atoms with Gasteiger partial charge in [-0.1, -0.05) is 19.1 Å². The van der Waals surface area contributed by atoms with Crippen molar-refractivity contribution < 1.29 is 14.3 Å². The van der Waals surface area contributed by atoms with Crippen molar-refractivity contribution in [2.75, 3.05) is 33.4 Å². The van der Waals surface area contributed by atoms with Crippen molar-refractivity contribution in [1.29, 1.82) is 0 Å². The zero-order valence-corrected chi connectivity index (χ0v) is 16.6. The van der Waals surface area contributed by atoms with Gasteiger partial charge in [0.1, 0.15) is 11.9 Å². The summed E-state index contributed by atoms with van der Waals surface area (Å²) in [5, 5.41) is 9.31. The van der Waals surface area contributed by atoms with Gasteiger partial charge in [0.25, 0.3) is 0 Å². The third kappa shape index (κ3) is 7.46. The Bertz CT molecular complexity index is 628. The number of ether oxygens (including phenoxy) is 2. The molecule has 1 aliphatic heterocycles. The van der Waals surface area contributed by atoms with Crippen molar-refractivity contribution >= 4 is 11.9 Å². The smallest absolute Gasteiger partial charge is 0.221 e. The first-order chi connectivity index (χ1) is 13.1. The summed E-state index contributed by atoms with van der Waals surface area (Å²) in [6.45, 7) is 7.33. The molecular weight excluding hydrogens is 344 g/mol. The van der Waals surface area contributed by atoms with Gasteiger partial charge in [-0.3, -0.25) is 9.79 Å². The molecule has 1 fully saturated rings. The minimum absolute atomic E-state index is 0.0489. The van der Waals surface area contributed by atoms with E-state index in [1.54, 1.807) is 7.05 Å². The lowest BCUT2D eigenvalue weighted by Crippen LogP contribution is -2.39. The first-order valence-electron chi connectivity index (χ1n) is 9.67. The van der Waals surface area contributed by atoms with E-state index in [4.69, 9.17) is 9.47 Å². The Morgan fingerprint density at radius 2 is 2.15 bits per heavy atom. The molecule has 3 N–H and O–H groups in total. The van der Waals surface area contributed by atoms with Crippen molar-refractivity contribution in [3.05, 3.63) is 29.3 Å². The molecule has 0 radical (unpaired) electrons.